The number of piperazine rings is 1. The SMILES string of the molecule is CCCC1NC(=O)C(C)N(c2ccc(Br)cc2)C1=O. The molecular weight excluding hydrogens is 308 g/mol. The van der Waals surface area contributed by atoms with Gasteiger partial charge in [0, 0.05) is 10.2 Å². The zero-order chi connectivity index (χ0) is 14.0. The molecule has 1 aromatic carbocycles. The number of carbonyl (C=O) groups excluding carboxylic acids is 2. The fourth-order valence-corrected chi connectivity index (χ4v) is 2.53. The van der Waals surface area contributed by atoms with Crippen molar-refractivity contribution in [2.24, 2.45) is 0 Å². The van der Waals surface area contributed by atoms with Gasteiger partial charge in [-0.3, -0.25) is 14.5 Å². The number of nitrogens with zero attached hydrogens (tertiary/aromatic N) is 1. The largest absolute Gasteiger partial charge is 0.342 e. The first-order chi connectivity index (χ1) is 9.04. The third kappa shape index (κ3) is 2.81. The summed E-state index contributed by atoms with van der Waals surface area (Å²) >= 11 is 3.37. The molecule has 1 aliphatic heterocycles. The quantitative estimate of drug-likeness (QED) is 0.928. The minimum absolute atomic E-state index is 0.0312. The van der Waals surface area contributed by atoms with Crippen LogP contribution in [-0.2, 0) is 9.59 Å². The molecule has 0 aliphatic carbocycles. The summed E-state index contributed by atoms with van der Waals surface area (Å²) in [6, 6.07) is 6.56. The standard InChI is InChI=1S/C14H17BrN2O2/c1-3-4-12-14(19)17(9(2)13(18)16-12)11-7-5-10(15)6-8-11/h5-9,12H,3-4H2,1-2H3,(H,16,18). The lowest BCUT2D eigenvalue weighted by molar-refractivity contribution is -0.133. The first-order valence-electron chi connectivity index (χ1n) is 6.43. The van der Waals surface area contributed by atoms with E-state index in [0.29, 0.717) is 6.42 Å². The molecule has 1 N–H and O–H groups in total. The van der Waals surface area contributed by atoms with Gasteiger partial charge in [-0.15, -0.1) is 0 Å². The van der Waals surface area contributed by atoms with Crippen LogP contribution in [0, 0.1) is 0 Å². The number of benzene rings is 1. The van der Waals surface area contributed by atoms with Gasteiger partial charge in [-0.05, 0) is 37.6 Å². The average molecular weight is 325 g/mol. The van der Waals surface area contributed by atoms with Gasteiger partial charge in [-0.2, -0.15) is 0 Å². The van der Waals surface area contributed by atoms with E-state index < -0.39 is 12.1 Å². The van der Waals surface area contributed by atoms with Gasteiger partial charge in [0.2, 0.25) is 11.8 Å². The number of halogens is 1. The van der Waals surface area contributed by atoms with E-state index >= 15 is 0 Å². The van der Waals surface area contributed by atoms with E-state index in [1.165, 1.54) is 0 Å². The molecule has 1 heterocycles. The van der Waals surface area contributed by atoms with Gasteiger partial charge in [-0.25, -0.2) is 0 Å². The van der Waals surface area contributed by atoms with Crippen molar-refractivity contribution in [3.8, 4) is 0 Å². The van der Waals surface area contributed by atoms with Crippen molar-refractivity contribution in [1.29, 1.82) is 0 Å². The van der Waals surface area contributed by atoms with Crippen LogP contribution < -0.4 is 10.2 Å². The minimum Gasteiger partial charge on any atom is -0.342 e. The number of nitrogens with one attached hydrogen (secondary N) is 1. The van der Waals surface area contributed by atoms with Gasteiger partial charge >= 0.3 is 0 Å². The monoisotopic (exact) mass is 324 g/mol. The van der Waals surface area contributed by atoms with E-state index in [9.17, 15) is 9.59 Å². The number of rotatable bonds is 3. The smallest absolute Gasteiger partial charge is 0.250 e. The summed E-state index contributed by atoms with van der Waals surface area (Å²) in [4.78, 5) is 26.0. The predicted octanol–water partition coefficient (Wildman–Crippen LogP) is 2.47. The molecule has 0 radical (unpaired) electrons. The van der Waals surface area contributed by atoms with Crippen molar-refractivity contribution in [3.63, 3.8) is 0 Å². The topological polar surface area (TPSA) is 49.4 Å². The Morgan fingerprint density at radius 2 is 1.89 bits per heavy atom. The van der Waals surface area contributed by atoms with Crippen LogP contribution in [0.1, 0.15) is 26.7 Å². The van der Waals surface area contributed by atoms with E-state index in [0.717, 1.165) is 16.6 Å². The van der Waals surface area contributed by atoms with Gasteiger partial charge in [-0.1, -0.05) is 29.3 Å². The zero-order valence-electron chi connectivity index (χ0n) is 11.0. The molecule has 2 rings (SSSR count). The fraction of sp³-hybridized carbons (Fsp3) is 0.429. The van der Waals surface area contributed by atoms with Crippen LogP contribution in [0.2, 0.25) is 0 Å². The molecule has 0 bridgehead atoms. The highest BCUT2D eigenvalue weighted by molar-refractivity contribution is 9.10. The fourth-order valence-electron chi connectivity index (χ4n) is 2.27. The van der Waals surface area contributed by atoms with Crippen LogP contribution in [-0.4, -0.2) is 23.9 Å². The molecule has 102 valence electrons. The molecule has 2 amide bonds. The van der Waals surface area contributed by atoms with Crippen molar-refractivity contribution >= 4 is 33.4 Å². The molecular formula is C14H17BrN2O2. The van der Waals surface area contributed by atoms with Crippen LogP contribution in [0.15, 0.2) is 28.7 Å². The molecule has 0 spiro atoms. The summed E-state index contributed by atoms with van der Waals surface area (Å²) in [6.07, 6.45) is 1.53. The molecule has 2 unspecified atom stereocenters. The highest BCUT2D eigenvalue weighted by atomic mass is 79.9. The Kier molecular flexibility index (Phi) is 4.24. The average Bonchev–Trinajstić information content (AvgIpc) is 2.39. The van der Waals surface area contributed by atoms with Crippen molar-refractivity contribution < 1.29 is 9.59 Å². The second-order valence-corrected chi connectivity index (χ2v) is 5.63. The first-order valence-corrected chi connectivity index (χ1v) is 7.23. The number of amides is 2. The molecule has 0 aromatic heterocycles. The predicted molar refractivity (Wildman–Crippen MR) is 77.9 cm³/mol. The van der Waals surface area contributed by atoms with Crippen LogP contribution in [0.4, 0.5) is 5.69 Å². The van der Waals surface area contributed by atoms with Crippen LogP contribution >= 0.6 is 15.9 Å². The lowest BCUT2D eigenvalue weighted by Gasteiger charge is -2.37. The Hall–Kier alpha value is -1.36. The molecule has 1 aliphatic rings. The van der Waals surface area contributed by atoms with Gasteiger partial charge < -0.3 is 5.32 Å². The maximum absolute atomic E-state index is 12.5. The van der Waals surface area contributed by atoms with Crippen LogP contribution in [0.5, 0.6) is 0 Å². The summed E-state index contributed by atoms with van der Waals surface area (Å²) in [7, 11) is 0. The highest BCUT2D eigenvalue weighted by Gasteiger charge is 2.38. The van der Waals surface area contributed by atoms with E-state index in [1.807, 2.05) is 31.2 Å². The first kappa shape index (κ1) is 14.1. The van der Waals surface area contributed by atoms with E-state index in [4.69, 9.17) is 0 Å². The summed E-state index contributed by atoms with van der Waals surface area (Å²) in [5.74, 6) is -0.128. The van der Waals surface area contributed by atoms with E-state index in [1.54, 1.807) is 11.8 Å². The lowest BCUT2D eigenvalue weighted by Crippen LogP contribution is -2.62. The van der Waals surface area contributed by atoms with Crippen molar-refractivity contribution in [1.82, 2.24) is 5.32 Å². The minimum atomic E-state index is -0.471. The Morgan fingerprint density at radius 1 is 1.26 bits per heavy atom. The normalized spacial score (nSPS) is 23.4. The summed E-state index contributed by atoms with van der Waals surface area (Å²) < 4.78 is 0.947. The second-order valence-electron chi connectivity index (χ2n) is 4.71. The lowest BCUT2D eigenvalue weighted by atomic mass is 10.0. The molecule has 1 fully saturated rings. The highest BCUT2D eigenvalue weighted by Crippen LogP contribution is 2.24. The van der Waals surface area contributed by atoms with E-state index in [2.05, 4.69) is 21.2 Å². The summed E-state index contributed by atoms with van der Waals surface area (Å²) in [5, 5.41) is 2.79. The van der Waals surface area contributed by atoms with Crippen molar-refractivity contribution in [2.75, 3.05) is 4.90 Å². The maximum Gasteiger partial charge on any atom is 0.250 e. The van der Waals surface area contributed by atoms with Gasteiger partial charge in [0.25, 0.3) is 0 Å². The molecule has 19 heavy (non-hydrogen) atoms. The molecule has 0 saturated carbocycles. The van der Waals surface area contributed by atoms with Crippen molar-refractivity contribution in [2.45, 2.75) is 38.8 Å². The van der Waals surface area contributed by atoms with Crippen LogP contribution in [0.25, 0.3) is 0 Å². The van der Waals surface area contributed by atoms with Gasteiger partial charge in [0.05, 0.1) is 0 Å². The third-order valence-corrected chi connectivity index (χ3v) is 3.83. The number of hydrogen-bond donors (Lipinski definition) is 1. The number of carbonyl (C=O) groups is 2. The molecule has 1 aromatic rings. The molecule has 2 atom stereocenters. The molecule has 5 heteroatoms. The van der Waals surface area contributed by atoms with Gasteiger partial charge in [0.15, 0.2) is 0 Å². The number of hydrogen-bond acceptors (Lipinski definition) is 2. The Bertz CT molecular complexity index is 487. The van der Waals surface area contributed by atoms with Crippen LogP contribution in [0.3, 0.4) is 0 Å². The third-order valence-electron chi connectivity index (χ3n) is 3.30. The Labute approximate surface area is 121 Å². The Morgan fingerprint density at radius 3 is 2.47 bits per heavy atom. The molecule has 1 saturated heterocycles. The summed E-state index contributed by atoms with van der Waals surface area (Å²) in [5.41, 5.74) is 0.761. The Balaban J connectivity index is 2.32. The second kappa shape index (κ2) is 5.74. The number of anilines is 1. The zero-order valence-corrected chi connectivity index (χ0v) is 12.6. The summed E-state index contributed by atoms with van der Waals surface area (Å²) in [6.45, 7) is 3.75. The maximum atomic E-state index is 12.5. The van der Waals surface area contributed by atoms with Gasteiger partial charge in [0.1, 0.15) is 12.1 Å². The van der Waals surface area contributed by atoms with E-state index in [-0.39, 0.29) is 11.8 Å². The molecule has 4 nitrogen and oxygen atoms in total. The van der Waals surface area contributed by atoms with Crippen molar-refractivity contribution in [3.05, 3.63) is 28.7 Å².